The van der Waals surface area contributed by atoms with E-state index >= 15 is 0 Å². The van der Waals surface area contributed by atoms with Crippen molar-refractivity contribution in [2.45, 2.75) is 52.7 Å². The van der Waals surface area contributed by atoms with Gasteiger partial charge in [-0.2, -0.15) is 0 Å². The maximum Gasteiger partial charge on any atom is 1.00 e. The van der Waals surface area contributed by atoms with Crippen LogP contribution in [0.4, 0.5) is 0 Å². The first-order valence-corrected chi connectivity index (χ1v) is 3.57. The van der Waals surface area contributed by atoms with E-state index in [4.69, 9.17) is 9.78 Å². The van der Waals surface area contributed by atoms with Crippen molar-refractivity contribution in [1.29, 1.82) is 0 Å². The Labute approximate surface area is 83.2 Å². The largest absolute Gasteiger partial charge is 1.00 e. The van der Waals surface area contributed by atoms with Gasteiger partial charge in [0.25, 0.3) is 0 Å². The third kappa shape index (κ3) is 13.5. The molecule has 3 heteroatoms. The summed E-state index contributed by atoms with van der Waals surface area (Å²) >= 11 is 0. The molecule has 0 atom stereocenters. The molecule has 0 N–H and O–H groups in total. The van der Waals surface area contributed by atoms with Gasteiger partial charge in [-0.15, -0.1) is 0 Å². The molecule has 0 bridgehead atoms. The summed E-state index contributed by atoms with van der Waals surface area (Å²) < 4.78 is 0. The predicted molar refractivity (Wildman–Crippen MR) is 42.8 cm³/mol. The first-order valence-electron chi connectivity index (χ1n) is 3.57. The van der Waals surface area contributed by atoms with E-state index < -0.39 is 0 Å². The van der Waals surface area contributed by atoms with Crippen LogP contribution in [-0.2, 0) is 9.78 Å². The van der Waals surface area contributed by atoms with Crippen LogP contribution in [0.15, 0.2) is 0 Å². The van der Waals surface area contributed by atoms with Crippen molar-refractivity contribution in [3.8, 4) is 0 Å². The standard InChI is InChI=1S/C8H18O2.Li.H/c1-7(2,3)9-10-8(4,5)6;;/h1-6H3;;/q;+1;-1. The van der Waals surface area contributed by atoms with Crippen molar-refractivity contribution in [1.82, 2.24) is 0 Å². The third-order valence-corrected chi connectivity index (χ3v) is 0.542. The second-order valence-corrected chi connectivity index (χ2v) is 4.39. The molecule has 0 heterocycles. The summed E-state index contributed by atoms with van der Waals surface area (Å²) in [5.74, 6) is 0. The van der Waals surface area contributed by atoms with E-state index in [2.05, 4.69) is 0 Å². The van der Waals surface area contributed by atoms with Crippen molar-refractivity contribution < 1.29 is 30.1 Å². The Balaban J connectivity index is -0.000000405. The van der Waals surface area contributed by atoms with Crippen molar-refractivity contribution >= 4 is 0 Å². The van der Waals surface area contributed by atoms with Gasteiger partial charge in [-0.25, -0.2) is 9.78 Å². The van der Waals surface area contributed by atoms with Crippen LogP contribution in [0.25, 0.3) is 0 Å². The van der Waals surface area contributed by atoms with E-state index in [1.54, 1.807) is 0 Å². The molecule has 0 aromatic rings. The smallest absolute Gasteiger partial charge is 1.00 e. The molecular formula is C8H19LiO2. The molecule has 0 aromatic heterocycles. The van der Waals surface area contributed by atoms with Gasteiger partial charge in [0.05, 0.1) is 11.2 Å². The molecule has 11 heavy (non-hydrogen) atoms. The zero-order valence-electron chi connectivity index (χ0n) is 9.82. The number of rotatable bonds is 1. The zero-order chi connectivity index (χ0) is 8.41. The monoisotopic (exact) mass is 154 g/mol. The Hall–Kier alpha value is 0.517. The van der Waals surface area contributed by atoms with Crippen LogP contribution < -0.4 is 18.9 Å². The van der Waals surface area contributed by atoms with Gasteiger partial charge >= 0.3 is 18.9 Å². The van der Waals surface area contributed by atoms with Gasteiger partial charge in [0.2, 0.25) is 0 Å². The molecule has 0 spiro atoms. The zero-order valence-corrected chi connectivity index (χ0v) is 8.82. The van der Waals surface area contributed by atoms with Crippen molar-refractivity contribution in [3.63, 3.8) is 0 Å². The average molecular weight is 154 g/mol. The topological polar surface area (TPSA) is 18.5 Å². The summed E-state index contributed by atoms with van der Waals surface area (Å²) in [6.07, 6.45) is 0. The van der Waals surface area contributed by atoms with Gasteiger partial charge in [0, 0.05) is 0 Å². The van der Waals surface area contributed by atoms with Crippen LogP contribution in [0, 0.1) is 0 Å². The SMILES string of the molecule is CC(C)(C)OOC(C)(C)C.[H-].[Li+]. The fraction of sp³-hybridized carbons (Fsp3) is 1.00. The Morgan fingerprint density at radius 3 is 1.00 bits per heavy atom. The van der Waals surface area contributed by atoms with E-state index in [9.17, 15) is 0 Å². The van der Waals surface area contributed by atoms with Gasteiger partial charge in [-0.1, -0.05) is 0 Å². The maximum atomic E-state index is 5.09. The number of hydrogen-bond donors (Lipinski definition) is 0. The summed E-state index contributed by atoms with van der Waals surface area (Å²) in [6, 6.07) is 0. The van der Waals surface area contributed by atoms with Crippen LogP contribution in [0.3, 0.4) is 0 Å². The van der Waals surface area contributed by atoms with Crippen molar-refractivity contribution in [2.75, 3.05) is 0 Å². The Bertz CT molecular complexity index is 90.6. The van der Waals surface area contributed by atoms with Crippen molar-refractivity contribution in [3.05, 3.63) is 0 Å². The van der Waals surface area contributed by atoms with Crippen molar-refractivity contribution in [2.24, 2.45) is 0 Å². The van der Waals surface area contributed by atoms with E-state index in [1.165, 1.54) is 0 Å². The van der Waals surface area contributed by atoms with Crippen LogP contribution in [0.5, 0.6) is 0 Å². The minimum Gasteiger partial charge on any atom is -1.00 e. The normalized spacial score (nSPS) is 12.5. The molecule has 0 aliphatic rings. The van der Waals surface area contributed by atoms with Crippen LogP contribution in [0.1, 0.15) is 43.0 Å². The first-order chi connectivity index (χ1) is 4.21. The first kappa shape index (κ1) is 14.1. The molecule has 0 unspecified atom stereocenters. The molecule has 0 rings (SSSR count). The molecule has 0 fully saturated rings. The molecule has 0 aliphatic carbocycles. The fourth-order valence-corrected chi connectivity index (χ4v) is 0.250. The van der Waals surface area contributed by atoms with Crippen LogP contribution in [-0.4, -0.2) is 11.2 Å². The second-order valence-electron chi connectivity index (χ2n) is 4.39. The molecular weight excluding hydrogens is 135 g/mol. The summed E-state index contributed by atoms with van der Waals surface area (Å²) in [7, 11) is 0. The minimum atomic E-state index is -0.215. The molecule has 0 amide bonds. The molecule has 0 aromatic carbocycles. The average Bonchev–Trinajstić information content (AvgIpc) is 1.57. The Morgan fingerprint density at radius 2 is 0.909 bits per heavy atom. The molecule has 0 aliphatic heterocycles. The molecule has 2 nitrogen and oxygen atoms in total. The Morgan fingerprint density at radius 1 is 0.727 bits per heavy atom. The maximum absolute atomic E-state index is 5.09. The molecule has 64 valence electrons. The second kappa shape index (κ2) is 4.52. The number of hydrogen-bond acceptors (Lipinski definition) is 2. The van der Waals surface area contributed by atoms with Gasteiger partial charge in [0.15, 0.2) is 0 Å². The van der Waals surface area contributed by atoms with E-state index in [0.29, 0.717) is 0 Å². The van der Waals surface area contributed by atoms with E-state index in [1.807, 2.05) is 41.5 Å². The minimum absolute atomic E-state index is 0. The fourth-order valence-electron chi connectivity index (χ4n) is 0.250. The van der Waals surface area contributed by atoms with Gasteiger partial charge in [-0.05, 0) is 41.5 Å². The molecule has 0 saturated heterocycles. The van der Waals surface area contributed by atoms with E-state index in [0.717, 1.165) is 0 Å². The van der Waals surface area contributed by atoms with Crippen LogP contribution in [0.2, 0.25) is 0 Å². The van der Waals surface area contributed by atoms with Crippen LogP contribution >= 0.6 is 0 Å². The van der Waals surface area contributed by atoms with E-state index in [-0.39, 0.29) is 31.5 Å². The summed E-state index contributed by atoms with van der Waals surface area (Å²) in [6.45, 7) is 11.7. The van der Waals surface area contributed by atoms with Gasteiger partial charge < -0.3 is 1.43 Å². The Kier molecular flexibility index (Phi) is 5.78. The molecule has 0 radical (unpaired) electrons. The summed E-state index contributed by atoms with van der Waals surface area (Å²) in [5.41, 5.74) is -0.430. The summed E-state index contributed by atoms with van der Waals surface area (Å²) in [4.78, 5) is 10.2. The third-order valence-electron chi connectivity index (χ3n) is 0.542. The quantitative estimate of drug-likeness (QED) is 0.292. The van der Waals surface area contributed by atoms with Gasteiger partial charge in [-0.3, -0.25) is 0 Å². The predicted octanol–water partition coefficient (Wildman–Crippen LogP) is -0.352. The van der Waals surface area contributed by atoms with Gasteiger partial charge in [0.1, 0.15) is 0 Å². The molecule has 0 saturated carbocycles. The summed E-state index contributed by atoms with van der Waals surface area (Å²) in [5, 5.41) is 0.